The van der Waals surface area contributed by atoms with Gasteiger partial charge in [0, 0.05) is 17.3 Å². The first-order valence-corrected chi connectivity index (χ1v) is 5.22. The van der Waals surface area contributed by atoms with Crippen molar-refractivity contribution in [1.82, 2.24) is 9.97 Å². The van der Waals surface area contributed by atoms with E-state index >= 15 is 0 Å². The van der Waals surface area contributed by atoms with E-state index in [1.165, 1.54) is 11.3 Å². The summed E-state index contributed by atoms with van der Waals surface area (Å²) in [4.78, 5) is 8.96. The number of hydrogen-bond donors (Lipinski definition) is 1. The zero-order valence-corrected chi connectivity index (χ0v) is 9.04. The van der Waals surface area contributed by atoms with Gasteiger partial charge in [-0.15, -0.1) is 0 Å². The molecule has 2 rings (SSSR count). The first-order valence-electron chi connectivity index (χ1n) is 5.22. The van der Waals surface area contributed by atoms with Crippen molar-refractivity contribution >= 4 is 0 Å². The van der Waals surface area contributed by atoms with Crippen LogP contribution >= 0.6 is 0 Å². The maximum Gasteiger partial charge on any atom is 0.125 e. The van der Waals surface area contributed by atoms with Crippen LogP contribution in [0.4, 0.5) is 0 Å². The molecule has 0 saturated heterocycles. The summed E-state index contributed by atoms with van der Waals surface area (Å²) in [6, 6.07) is 0.156. The van der Waals surface area contributed by atoms with Gasteiger partial charge in [-0.05, 0) is 25.7 Å². The predicted octanol–water partition coefficient (Wildman–Crippen LogP) is 1.85. The second-order valence-corrected chi connectivity index (χ2v) is 4.32. The molecule has 1 aliphatic rings. The van der Waals surface area contributed by atoms with Crippen LogP contribution in [-0.4, -0.2) is 9.97 Å². The Hall–Kier alpha value is -0.960. The Balaban J connectivity index is 2.59. The summed E-state index contributed by atoms with van der Waals surface area (Å²) < 4.78 is 0. The van der Waals surface area contributed by atoms with E-state index in [-0.39, 0.29) is 6.04 Å². The maximum atomic E-state index is 6.06. The molecule has 0 aromatic carbocycles. The number of fused-ring (bicyclic) bond motifs is 1. The van der Waals surface area contributed by atoms with Crippen LogP contribution in [0, 0.1) is 6.92 Å². The summed E-state index contributed by atoms with van der Waals surface area (Å²) in [5.74, 6) is 1.32. The third-order valence-corrected chi connectivity index (χ3v) is 2.78. The largest absolute Gasteiger partial charge is 0.324 e. The number of aryl methyl sites for hydroxylation is 2. The van der Waals surface area contributed by atoms with Crippen LogP contribution < -0.4 is 5.73 Å². The van der Waals surface area contributed by atoms with Crippen molar-refractivity contribution in [3.63, 3.8) is 0 Å². The fraction of sp³-hybridized carbons (Fsp3) is 0.636. The molecule has 0 amide bonds. The normalized spacial score (nSPS) is 20.2. The number of aromatic nitrogens is 2. The fourth-order valence-corrected chi connectivity index (χ4v) is 2.13. The van der Waals surface area contributed by atoms with Gasteiger partial charge in [-0.2, -0.15) is 0 Å². The van der Waals surface area contributed by atoms with Crippen molar-refractivity contribution < 1.29 is 0 Å². The van der Waals surface area contributed by atoms with E-state index in [2.05, 4.69) is 23.8 Å². The molecular weight excluding hydrogens is 174 g/mol. The first-order chi connectivity index (χ1) is 6.59. The van der Waals surface area contributed by atoms with E-state index in [9.17, 15) is 0 Å². The van der Waals surface area contributed by atoms with Gasteiger partial charge in [0.1, 0.15) is 5.82 Å². The number of nitrogens with two attached hydrogens (primary N) is 1. The minimum absolute atomic E-state index is 0.156. The van der Waals surface area contributed by atoms with Gasteiger partial charge in [0.15, 0.2) is 0 Å². The van der Waals surface area contributed by atoms with E-state index in [1.807, 2.05) is 6.92 Å². The van der Waals surface area contributed by atoms with Crippen LogP contribution in [0.3, 0.4) is 0 Å². The standard InChI is InChI=1S/C11H17N3/c1-6(2)11-10-8(12)4-5-9(10)13-7(3)14-11/h6,8H,4-5,12H2,1-3H3. The zero-order chi connectivity index (χ0) is 10.3. The predicted molar refractivity (Wildman–Crippen MR) is 56.1 cm³/mol. The van der Waals surface area contributed by atoms with E-state index in [1.54, 1.807) is 0 Å². The molecule has 1 aromatic heterocycles. The lowest BCUT2D eigenvalue weighted by molar-refractivity contribution is 0.688. The molecular formula is C11H17N3. The van der Waals surface area contributed by atoms with Crippen LogP contribution in [0.2, 0.25) is 0 Å². The lowest BCUT2D eigenvalue weighted by Crippen LogP contribution is -2.12. The molecule has 0 spiro atoms. The molecule has 1 aliphatic carbocycles. The second kappa shape index (κ2) is 3.31. The Bertz CT molecular complexity index is 358. The third-order valence-electron chi connectivity index (χ3n) is 2.78. The fourth-order valence-electron chi connectivity index (χ4n) is 2.13. The monoisotopic (exact) mass is 191 g/mol. The Morgan fingerprint density at radius 3 is 2.71 bits per heavy atom. The van der Waals surface area contributed by atoms with Crippen LogP contribution in [-0.2, 0) is 6.42 Å². The van der Waals surface area contributed by atoms with E-state index < -0.39 is 0 Å². The molecule has 1 aromatic rings. The summed E-state index contributed by atoms with van der Waals surface area (Å²) in [6.07, 6.45) is 2.03. The molecule has 14 heavy (non-hydrogen) atoms. The van der Waals surface area contributed by atoms with Crippen LogP contribution in [0.25, 0.3) is 0 Å². The summed E-state index contributed by atoms with van der Waals surface area (Å²) in [5, 5.41) is 0. The minimum atomic E-state index is 0.156. The van der Waals surface area contributed by atoms with E-state index in [4.69, 9.17) is 5.73 Å². The summed E-state index contributed by atoms with van der Waals surface area (Å²) >= 11 is 0. The summed E-state index contributed by atoms with van der Waals surface area (Å²) in [7, 11) is 0. The molecule has 1 heterocycles. The number of rotatable bonds is 1. The van der Waals surface area contributed by atoms with E-state index in [0.717, 1.165) is 24.4 Å². The van der Waals surface area contributed by atoms with Crippen molar-refractivity contribution in [2.24, 2.45) is 5.73 Å². The first kappa shape index (κ1) is 9.59. The van der Waals surface area contributed by atoms with Gasteiger partial charge in [-0.1, -0.05) is 13.8 Å². The topological polar surface area (TPSA) is 51.8 Å². The van der Waals surface area contributed by atoms with Crippen molar-refractivity contribution in [2.75, 3.05) is 0 Å². The van der Waals surface area contributed by atoms with Gasteiger partial charge >= 0.3 is 0 Å². The van der Waals surface area contributed by atoms with Crippen LogP contribution in [0.5, 0.6) is 0 Å². The zero-order valence-electron chi connectivity index (χ0n) is 9.04. The second-order valence-electron chi connectivity index (χ2n) is 4.32. The Labute approximate surface area is 84.8 Å². The molecule has 0 saturated carbocycles. The van der Waals surface area contributed by atoms with Gasteiger partial charge in [0.05, 0.1) is 5.69 Å². The molecule has 0 radical (unpaired) electrons. The molecule has 76 valence electrons. The molecule has 1 unspecified atom stereocenters. The number of nitrogens with zero attached hydrogens (tertiary/aromatic N) is 2. The lowest BCUT2D eigenvalue weighted by Gasteiger charge is -2.14. The number of hydrogen-bond acceptors (Lipinski definition) is 3. The summed E-state index contributed by atoms with van der Waals surface area (Å²) in [5.41, 5.74) is 9.59. The van der Waals surface area contributed by atoms with Gasteiger partial charge in [0.2, 0.25) is 0 Å². The van der Waals surface area contributed by atoms with Crippen molar-refractivity contribution in [2.45, 2.75) is 45.6 Å². The van der Waals surface area contributed by atoms with Crippen LogP contribution in [0.1, 0.15) is 55.0 Å². The highest BCUT2D eigenvalue weighted by atomic mass is 14.9. The van der Waals surface area contributed by atoms with Crippen molar-refractivity contribution in [3.8, 4) is 0 Å². The SMILES string of the molecule is Cc1nc2c(c(C(C)C)n1)C(N)CC2. The maximum absolute atomic E-state index is 6.06. The quantitative estimate of drug-likeness (QED) is 0.737. The lowest BCUT2D eigenvalue weighted by atomic mass is 10.0. The van der Waals surface area contributed by atoms with Gasteiger partial charge in [-0.25, -0.2) is 9.97 Å². The Kier molecular flexibility index (Phi) is 2.27. The molecule has 0 bridgehead atoms. The van der Waals surface area contributed by atoms with Gasteiger partial charge in [-0.3, -0.25) is 0 Å². The Morgan fingerprint density at radius 2 is 2.07 bits per heavy atom. The molecule has 0 fully saturated rings. The molecule has 2 N–H and O–H groups in total. The van der Waals surface area contributed by atoms with Gasteiger partial charge in [0.25, 0.3) is 0 Å². The summed E-state index contributed by atoms with van der Waals surface area (Å²) in [6.45, 7) is 6.27. The van der Waals surface area contributed by atoms with Crippen molar-refractivity contribution in [3.05, 3.63) is 22.8 Å². The molecule has 1 atom stereocenters. The highest BCUT2D eigenvalue weighted by Gasteiger charge is 2.26. The molecule has 3 nitrogen and oxygen atoms in total. The Morgan fingerprint density at radius 1 is 1.36 bits per heavy atom. The van der Waals surface area contributed by atoms with Crippen molar-refractivity contribution in [1.29, 1.82) is 0 Å². The third kappa shape index (κ3) is 1.42. The molecule has 3 heteroatoms. The van der Waals surface area contributed by atoms with Gasteiger partial charge < -0.3 is 5.73 Å². The minimum Gasteiger partial charge on any atom is -0.324 e. The highest BCUT2D eigenvalue weighted by Crippen LogP contribution is 2.33. The average molecular weight is 191 g/mol. The highest BCUT2D eigenvalue weighted by molar-refractivity contribution is 5.35. The molecule has 0 aliphatic heterocycles. The van der Waals surface area contributed by atoms with Crippen LogP contribution in [0.15, 0.2) is 0 Å². The average Bonchev–Trinajstić information content (AvgIpc) is 2.46. The smallest absolute Gasteiger partial charge is 0.125 e. The van der Waals surface area contributed by atoms with E-state index in [0.29, 0.717) is 5.92 Å².